The molecule has 1 amide bonds. The van der Waals surface area contributed by atoms with Crippen molar-refractivity contribution < 1.29 is 22.7 Å². The van der Waals surface area contributed by atoms with Crippen LogP contribution in [0.25, 0.3) is 0 Å². The Morgan fingerprint density at radius 2 is 1.79 bits per heavy atom. The second-order valence-electron chi connectivity index (χ2n) is 7.99. The van der Waals surface area contributed by atoms with Crippen molar-refractivity contribution in [3.05, 3.63) is 65.2 Å². The molecule has 1 fully saturated rings. The zero-order valence-electron chi connectivity index (χ0n) is 16.3. The average molecular weight is 436 g/mol. The van der Waals surface area contributed by atoms with Gasteiger partial charge in [0.25, 0.3) is 0 Å². The second-order valence-corrected chi connectivity index (χ2v) is 10.5. The standard InChI is InChI=1S/C21H22ClNO5S/c1-20(2,3)28-19(25)23-21(13-24)17(14-8-7-9-15(22)12-14)18(21)29(26,27)16-10-5-4-6-11-16/h4-13,17-18H,1-3H3,(H,23,25)/t17-,18+,21-/m1/s1. The molecular weight excluding hydrogens is 414 g/mol. The Labute approximate surface area is 175 Å². The second kappa shape index (κ2) is 7.46. The summed E-state index contributed by atoms with van der Waals surface area (Å²) in [6.45, 7) is 5.04. The van der Waals surface area contributed by atoms with Crippen molar-refractivity contribution in [3.63, 3.8) is 0 Å². The molecule has 1 aliphatic carbocycles. The summed E-state index contributed by atoms with van der Waals surface area (Å²) in [6.07, 6.45) is -0.379. The number of halogens is 1. The van der Waals surface area contributed by atoms with Gasteiger partial charge in [0.2, 0.25) is 0 Å². The van der Waals surface area contributed by atoms with E-state index in [1.54, 1.807) is 63.2 Å². The lowest BCUT2D eigenvalue weighted by Crippen LogP contribution is -2.45. The van der Waals surface area contributed by atoms with Gasteiger partial charge in [0, 0.05) is 10.9 Å². The maximum atomic E-state index is 13.3. The van der Waals surface area contributed by atoms with Crippen molar-refractivity contribution in [2.24, 2.45) is 0 Å². The summed E-state index contributed by atoms with van der Waals surface area (Å²) < 4.78 is 31.9. The highest BCUT2D eigenvalue weighted by molar-refractivity contribution is 7.92. The van der Waals surface area contributed by atoms with Crippen LogP contribution in [0, 0.1) is 0 Å². The molecule has 8 heteroatoms. The first-order valence-electron chi connectivity index (χ1n) is 9.03. The monoisotopic (exact) mass is 435 g/mol. The summed E-state index contributed by atoms with van der Waals surface area (Å²) in [7, 11) is -3.93. The first-order valence-corrected chi connectivity index (χ1v) is 11.0. The van der Waals surface area contributed by atoms with E-state index < -0.39 is 38.2 Å². The van der Waals surface area contributed by atoms with E-state index in [1.807, 2.05) is 0 Å². The van der Waals surface area contributed by atoms with Gasteiger partial charge in [-0.15, -0.1) is 0 Å². The van der Waals surface area contributed by atoms with Crippen LogP contribution < -0.4 is 5.32 Å². The minimum absolute atomic E-state index is 0.0757. The van der Waals surface area contributed by atoms with E-state index in [0.717, 1.165) is 0 Å². The topological polar surface area (TPSA) is 89.5 Å². The molecule has 3 atom stereocenters. The van der Waals surface area contributed by atoms with Crippen molar-refractivity contribution in [1.29, 1.82) is 0 Å². The summed E-state index contributed by atoms with van der Waals surface area (Å²) in [5.74, 6) is -0.795. The number of aldehydes is 1. The number of hydrogen-bond acceptors (Lipinski definition) is 5. The molecule has 29 heavy (non-hydrogen) atoms. The van der Waals surface area contributed by atoms with Crippen molar-refractivity contribution in [2.75, 3.05) is 0 Å². The van der Waals surface area contributed by atoms with E-state index in [9.17, 15) is 18.0 Å². The van der Waals surface area contributed by atoms with Crippen LogP contribution in [-0.2, 0) is 19.4 Å². The number of carbonyl (C=O) groups is 2. The van der Waals surface area contributed by atoms with Gasteiger partial charge in [-0.1, -0.05) is 41.9 Å². The fraction of sp³-hybridized carbons (Fsp3) is 0.333. The van der Waals surface area contributed by atoms with E-state index in [0.29, 0.717) is 16.9 Å². The third-order valence-electron chi connectivity index (χ3n) is 4.71. The molecule has 1 saturated carbocycles. The average Bonchev–Trinajstić information content (AvgIpc) is 3.30. The van der Waals surface area contributed by atoms with Crippen molar-refractivity contribution in [1.82, 2.24) is 5.32 Å². The Bertz CT molecular complexity index is 1030. The Morgan fingerprint density at radius 1 is 1.14 bits per heavy atom. The fourth-order valence-corrected chi connectivity index (χ4v) is 5.98. The third-order valence-corrected chi connectivity index (χ3v) is 7.20. The summed E-state index contributed by atoms with van der Waals surface area (Å²) in [4.78, 5) is 24.7. The molecule has 0 saturated heterocycles. The van der Waals surface area contributed by atoms with Crippen molar-refractivity contribution in [2.45, 2.75) is 48.0 Å². The summed E-state index contributed by atoms with van der Waals surface area (Å²) >= 11 is 6.08. The molecular formula is C21H22ClNO5S. The molecule has 0 aliphatic heterocycles. The number of sulfone groups is 1. The van der Waals surface area contributed by atoms with E-state index >= 15 is 0 Å². The number of amides is 1. The largest absolute Gasteiger partial charge is 0.444 e. The number of carbonyl (C=O) groups excluding carboxylic acids is 2. The Kier molecular flexibility index (Phi) is 5.49. The summed E-state index contributed by atoms with van der Waals surface area (Å²) in [5, 5.41) is 1.74. The van der Waals surface area contributed by atoms with Crippen LogP contribution >= 0.6 is 11.6 Å². The lowest BCUT2D eigenvalue weighted by Gasteiger charge is -2.22. The van der Waals surface area contributed by atoms with E-state index in [1.165, 1.54) is 12.1 Å². The minimum atomic E-state index is -3.93. The minimum Gasteiger partial charge on any atom is -0.444 e. The highest BCUT2D eigenvalue weighted by Crippen LogP contribution is 2.56. The number of alkyl carbamates (subject to hydrolysis) is 1. The number of ether oxygens (including phenoxy) is 1. The Balaban J connectivity index is 2.05. The van der Waals surface area contributed by atoms with Crippen molar-refractivity contribution >= 4 is 33.8 Å². The fourth-order valence-electron chi connectivity index (χ4n) is 3.52. The highest BCUT2D eigenvalue weighted by Gasteiger charge is 2.73. The van der Waals surface area contributed by atoms with Gasteiger partial charge in [-0.25, -0.2) is 13.2 Å². The lowest BCUT2D eigenvalue weighted by molar-refractivity contribution is -0.110. The molecule has 6 nitrogen and oxygen atoms in total. The number of rotatable bonds is 5. The van der Waals surface area contributed by atoms with Crippen LogP contribution in [0.1, 0.15) is 32.3 Å². The van der Waals surface area contributed by atoms with Crippen LogP contribution in [0.4, 0.5) is 4.79 Å². The zero-order chi connectivity index (χ0) is 21.4. The predicted octanol–water partition coefficient (Wildman–Crippen LogP) is 3.74. The quantitative estimate of drug-likeness (QED) is 0.722. The van der Waals surface area contributed by atoms with Crippen LogP contribution in [0.3, 0.4) is 0 Å². The van der Waals surface area contributed by atoms with Gasteiger partial charge in [-0.05, 0) is 50.6 Å². The lowest BCUT2D eigenvalue weighted by atomic mass is 10.1. The van der Waals surface area contributed by atoms with E-state index in [-0.39, 0.29) is 4.90 Å². The first kappa shape index (κ1) is 21.3. The van der Waals surface area contributed by atoms with Gasteiger partial charge < -0.3 is 14.8 Å². The molecule has 0 bridgehead atoms. The van der Waals surface area contributed by atoms with E-state index in [4.69, 9.17) is 16.3 Å². The summed E-state index contributed by atoms with van der Waals surface area (Å²) in [5.41, 5.74) is -1.91. The maximum Gasteiger partial charge on any atom is 0.408 e. The van der Waals surface area contributed by atoms with Gasteiger partial charge >= 0.3 is 6.09 Å². The van der Waals surface area contributed by atoms with Gasteiger partial charge in [0.1, 0.15) is 22.7 Å². The molecule has 0 unspecified atom stereocenters. The first-order chi connectivity index (χ1) is 13.5. The van der Waals surface area contributed by atoms with Gasteiger partial charge in [-0.3, -0.25) is 0 Å². The highest BCUT2D eigenvalue weighted by atomic mass is 35.5. The molecule has 0 radical (unpaired) electrons. The molecule has 154 valence electrons. The molecule has 3 rings (SSSR count). The van der Waals surface area contributed by atoms with Gasteiger partial charge in [-0.2, -0.15) is 0 Å². The summed E-state index contributed by atoms with van der Waals surface area (Å²) in [6, 6.07) is 14.4. The molecule has 2 aromatic carbocycles. The molecule has 0 heterocycles. The Hall–Kier alpha value is -2.38. The van der Waals surface area contributed by atoms with Crippen LogP contribution in [0.15, 0.2) is 59.5 Å². The van der Waals surface area contributed by atoms with Crippen LogP contribution in [0.5, 0.6) is 0 Å². The third kappa shape index (κ3) is 4.16. The normalized spacial score (nSPS) is 23.9. The molecule has 0 spiro atoms. The molecule has 1 aliphatic rings. The van der Waals surface area contributed by atoms with Gasteiger partial charge in [0.05, 0.1) is 4.90 Å². The Morgan fingerprint density at radius 3 is 2.34 bits per heavy atom. The zero-order valence-corrected chi connectivity index (χ0v) is 17.8. The maximum absolute atomic E-state index is 13.3. The van der Waals surface area contributed by atoms with Crippen LogP contribution in [-0.4, -0.2) is 37.2 Å². The smallest absolute Gasteiger partial charge is 0.408 e. The predicted molar refractivity (Wildman–Crippen MR) is 110 cm³/mol. The molecule has 0 aromatic heterocycles. The number of hydrogen-bond donors (Lipinski definition) is 1. The molecule has 2 aromatic rings. The molecule has 1 N–H and O–H groups in total. The number of nitrogens with one attached hydrogen (secondary N) is 1. The van der Waals surface area contributed by atoms with Crippen LogP contribution in [0.2, 0.25) is 5.02 Å². The number of benzene rings is 2. The van der Waals surface area contributed by atoms with Crippen molar-refractivity contribution in [3.8, 4) is 0 Å². The SMILES string of the molecule is CC(C)(C)OC(=O)N[C@]1(C=O)[C@H](c2cccc(Cl)c2)[C@@H]1S(=O)(=O)c1ccccc1. The van der Waals surface area contributed by atoms with Gasteiger partial charge in [0.15, 0.2) is 9.84 Å². The van der Waals surface area contributed by atoms with E-state index in [2.05, 4.69) is 5.32 Å².